The molecule has 6 nitrogen and oxygen atoms in total. The molecule has 3 fully saturated rings. The molecule has 2 aromatic rings. The second kappa shape index (κ2) is 6.02. The van der Waals surface area contributed by atoms with E-state index >= 15 is 0 Å². The van der Waals surface area contributed by atoms with Gasteiger partial charge in [0.2, 0.25) is 0 Å². The summed E-state index contributed by atoms with van der Waals surface area (Å²) in [7, 11) is 0. The molecule has 0 spiro atoms. The van der Waals surface area contributed by atoms with Gasteiger partial charge < -0.3 is 19.2 Å². The number of rotatable bonds is 5. The van der Waals surface area contributed by atoms with Crippen molar-refractivity contribution in [1.82, 2.24) is 20.0 Å². The van der Waals surface area contributed by atoms with Gasteiger partial charge >= 0.3 is 0 Å². The van der Waals surface area contributed by atoms with Crippen LogP contribution in [0.2, 0.25) is 0 Å². The number of hydrogen-bond acceptors (Lipinski definition) is 5. The Kier molecular flexibility index (Phi) is 3.87. The van der Waals surface area contributed by atoms with Gasteiger partial charge in [0, 0.05) is 25.2 Å². The average Bonchev–Trinajstić information content (AvgIpc) is 3.55. The van der Waals surface area contributed by atoms with Crippen LogP contribution in [-0.4, -0.2) is 47.5 Å². The third-order valence-electron chi connectivity index (χ3n) is 5.77. The molecule has 26 heavy (non-hydrogen) atoms. The maximum absolute atomic E-state index is 5.90. The molecule has 3 atom stereocenters. The van der Waals surface area contributed by atoms with Gasteiger partial charge in [-0.1, -0.05) is 6.07 Å². The summed E-state index contributed by atoms with van der Waals surface area (Å²) in [5.74, 6) is 1.69. The molecule has 2 N–H and O–H groups in total. The zero-order valence-electron chi connectivity index (χ0n) is 15.8. The minimum absolute atomic E-state index is 0.0245. The van der Waals surface area contributed by atoms with Gasteiger partial charge in [0.25, 0.3) is 0 Å². The van der Waals surface area contributed by atoms with Crippen LogP contribution in [0.1, 0.15) is 49.7 Å². The van der Waals surface area contributed by atoms with Crippen molar-refractivity contribution in [2.75, 3.05) is 19.7 Å². The molecule has 140 valence electrons. The van der Waals surface area contributed by atoms with Crippen LogP contribution in [0, 0.1) is 6.92 Å². The van der Waals surface area contributed by atoms with E-state index in [0.717, 1.165) is 25.5 Å². The van der Waals surface area contributed by atoms with Crippen LogP contribution >= 0.6 is 0 Å². The standard InChI is InChI=1S/C20H28N4O2/c1-12-5-4-9-24-16(12)15(13-6-7-13)22-19(24)20(2,3)23-18-17(26-18)14-11-21-8-10-25-14/h4-5,9,13-14,17-18,21,23H,6-8,10-11H2,1-3H3/t14-,17?,18?/m0/s1. The van der Waals surface area contributed by atoms with E-state index in [-0.39, 0.29) is 24.0 Å². The largest absolute Gasteiger partial charge is 0.373 e. The maximum Gasteiger partial charge on any atom is 0.138 e. The lowest BCUT2D eigenvalue weighted by atomic mass is 10.0. The molecule has 0 amide bonds. The van der Waals surface area contributed by atoms with Gasteiger partial charge in [-0.2, -0.15) is 0 Å². The van der Waals surface area contributed by atoms with Crippen LogP contribution in [0.25, 0.3) is 5.52 Å². The highest BCUT2D eigenvalue weighted by molar-refractivity contribution is 5.62. The minimum atomic E-state index is -0.286. The van der Waals surface area contributed by atoms with Crippen LogP contribution < -0.4 is 10.6 Å². The van der Waals surface area contributed by atoms with Crippen LogP contribution in [0.4, 0.5) is 0 Å². The Morgan fingerprint density at radius 3 is 2.92 bits per heavy atom. The van der Waals surface area contributed by atoms with Crippen molar-refractivity contribution < 1.29 is 9.47 Å². The number of epoxide rings is 1. The summed E-state index contributed by atoms with van der Waals surface area (Å²) in [4.78, 5) is 5.10. The molecule has 6 heteroatoms. The highest BCUT2D eigenvalue weighted by Gasteiger charge is 2.49. The van der Waals surface area contributed by atoms with Gasteiger partial charge in [-0.25, -0.2) is 4.98 Å². The van der Waals surface area contributed by atoms with Crippen molar-refractivity contribution in [3.8, 4) is 0 Å². The lowest BCUT2D eigenvalue weighted by molar-refractivity contribution is 0.0112. The molecule has 0 aromatic carbocycles. The molecule has 0 radical (unpaired) electrons. The second-order valence-electron chi connectivity index (χ2n) is 8.41. The Balaban J connectivity index is 1.41. The summed E-state index contributed by atoms with van der Waals surface area (Å²) in [5, 5.41) is 7.04. The SMILES string of the molecule is Cc1cccn2c(C(C)(C)NC3OC3[C@@H]3CNCCO3)nc(C3CC3)c12. The Morgan fingerprint density at radius 1 is 1.35 bits per heavy atom. The first-order chi connectivity index (χ1) is 12.5. The van der Waals surface area contributed by atoms with Crippen LogP contribution in [0.3, 0.4) is 0 Å². The molecule has 4 heterocycles. The molecule has 2 saturated heterocycles. The number of morpholine rings is 1. The number of nitrogens with one attached hydrogen (secondary N) is 2. The third-order valence-corrected chi connectivity index (χ3v) is 5.77. The number of imidazole rings is 1. The van der Waals surface area contributed by atoms with Gasteiger partial charge in [0.1, 0.15) is 24.3 Å². The average molecular weight is 356 g/mol. The summed E-state index contributed by atoms with van der Waals surface area (Å²) in [6.45, 7) is 9.12. The fourth-order valence-electron chi connectivity index (χ4n) is 4.16. The van der Waals surface area contributed by atoms with E-state index < -0.39 is 0 Å². The number of pyridine rings is 1. The van der Waals surface area contributed by atoms with Gasteiger partial charge in [-0.3, -0.25) is 5.32 Å². The van der Waals surface area contributed by atoms with Gasteiger partial charge in [-0.15, -0.1) is 0 Å². The number of nitrogens with zero attached hydrogens (tertiary/aromatic N) is 2. The van der Waals surface area contributed by atoms with E-state index in [9.17, 15) is 0 Å². The Morgan fingerprint density at radius 2 is 2.19 bits per heavy atom. The van der Waals surface area contributed by atoms with Crippen molar-refractivity contribution >= 4 is 5.52 Å². The molecule has 1 saturated carbocycles. The smallest absolute Gasteiger partial charge is 0.138 e. The quantitative estimate of drug-likeness (QED) is 0.803. The van der Waals surface area contributed by atoms with E-state index in [2.05, 4.69) is 54.1 Å². The molecule has 0 bridgehead atoms. The molecule has 3 aliphatic rings. The maximum atomic E-state index is 5.90. The summed E-state index contributed by atoms with van der Waals surface area (Å²) in [6, 6.07) is 4.29. The Bertz CT molecular complexity index is 821. The first kappa shape index (κ1) is 16.7. The van der Waals surface area contributed by atoms with E-state index in [1.54, 1.807) is 0 Å². The van der Waals surface area contributed by atoms with E-state index in [1.807, 2.05) is 0 Å². The number of aryl methyl sites for hydroxylation is 1. The van der Waals surface area contributed by atoms with Gasteiger partial charge in [0.15, 0.2) is 0 Å². The first-order valence-electron chi connectivity index (χ1n) is 9.78. The molecule has 1 aliphatic carbocycles. The fourth-order valence-corrected chi connectivity index (χ4v) is 4.16. The van der Waals surface area contributed by atoms with E-state index in [0.29, 0.717) is 5.92 Å². The Labute approximate surface area is 154 Å². The third kappa shape index (κ3) is 2.85. The van der Waals surface area contributed by atoms with Crippen LogP contribution in [0.5, 0.6) is 0 Å². The van der Waals surface area contributed by atoms with Gasteiger partial charge in [-0.05, 0) is 45.2 Å². The van der Waals surface area contributed by atoms with Crippen molar-refractivity contribution in [2.45, 2.75) is 63.5 Å². The molecular weight excluding hydrogens is 328 g/mol. The lowest BCUT2D eigenvalue weighted by Crippen LogP contribution is -2.46. The van der Waals surface area contributed by atoms with Gasteiger partial charge in [0.05, 0.1) is 23.4 Å². The number of fused-ring (bicyclic) bond motifs is 1. The predicted octanol–water partition coefficient (Wildman–Crippen LogP) is 2.06. The summed E-state index contributed by atoms with van der Waals surface area (Å²) in [6.07, 6.45) is 4.94. The monoisotopic (exact) mass is 356 g/mol. The number of ether oxygens (including phenoxy) is 2. The summed E-state index contributed by atoms with van der Waals surface area (Å²) in [5.41, 5.74) is 3.56. The highest BCUT2D eigenvalue weighted by atomic mass is 16.6. The van der Waals surface area contributed by atoms with Crippen molar-refractivity contribution in [2.24, 2.45) is 0 Å². The van der Waals surface area contributed by atoms with Crippen molar-refractivity contribution in [1.29, 1.82) is 0 Å². The zero-order chi connectivity index (χ0) is 17.9. The normalized spacial score (nSPS) is 29.3. The molecule has 2 unspecified atom stereocenters. The van der Waals surface area contributed by atoms with Crippen LogP contribution in [-0.2, 0) is 15.0 Å². The molecule has 2 aromatic heterocycles. The number of aromatic nitrogens is 2. The summed E-state index contributed by atoms with van der Waals surface area (Å²) < 4.78 is 14.0. The minimum Gasteiger partial charge on any atom is -0.373 e. The fraction of sp³-hybridized carbons (Fsp3) is 0.650. The first-order valence-corrected chi connectivity index (χ1v) is 9.78. The van der Waals surface area contributed by atoms with Crippen molar-refractivity contribution in [3.63, 3.8) is 0 Å². The number of hydrogen-bond donors (Lipinski definition) is 2. The van der Waals surface area contributed by atoms with E-state index in [4.69, 9.17) is 14.5 Å². The van der Waals surface area contributed by atoms with E-state index in [1.165, 1.54) is 29.6 Å². The zero-order valence-corrected chi connectivity index (χ0v) is 15.8. The van der Waals surface area contributed by atoms with Crippen LogP contribution in [0.15, 0.2) is 18.3 Å². The Hall–Kier alpha value is -1.47. The highest BCUT2D eigenvalue weighted by Crippen LogP contribution is 2.43. The summed E-state index contributed by atoms with van der Waals surface area (Å²) >= 11 is 0. The molecule has 5 rings (SSSR count). The topological polar surface area (TPSA) is 63.1 Å². The molecule has 2 aliphatic heterocycles. The van der Waals surface area contributed by atoms with Crippen molar-refractivity contribution in [3.05, 3.63) is 35.4 Å². The molecular formula is C20H28N4O2. The second-order valence-corrected chi connectivity index (χ2v) is 8.41. The predicted molar refractivity (Wildman–Crippen MR) is 99.3 cm³/mol. The lowest BCUT2D eigenvalue weighted by Gasteiger charge is -2.26.